The van der Waals surface area contributed by atoms with Crippen LogP contribution in [0.15, 0.2) is 0 Å². The Morgan fingerprint density at radius 3 is 2.47 bits per heavy atom. The summed E-state index contributed by atoms with van der Waals surface area (Å²) in [4.78, 5) is 0. The third kappa shape index (κ3) is 3.81. The van der Waals surface area contributed by atoms with Gasteiger partial charge in [-0.25, -0.2) is 0 Å². The Morgan fingerprint density at radius 1 is 1.20 bits per heavy atom. The van der Waals surface area contributed by atoms with Crippen LogP contribution in [-0.4, -0.2) is 0 Å². The van der Waals surface area contributed by atoms with Gasteiger partial charge in [0.15, 0.2) is 0 Å². The Labute approximate surface area is 96.8 Å². The zero-order valence-electron chi connectivity index (χ0n) is 11.3. The molecule has 0 bridgehead atoms. The number of rotatable bonds is 7. The highest BCUT2D eigenvalue weighted by atomic mass is 14.4. The van der Waals surface area contributed by atoms with Gasteiger partial charge in [0.2, 0.25) is 0 Å². The minimum absolute atomic E-state index is 0.968. The zero-order chi connectivity index (χ0) is 11.3. The van der Waals surface area contributed by atoms with Crippen LogP contribution in [-0.2, 0) is 0 Å². The molecule has 15 heavy (non-hydrogen) atoms. The van der Waals surface area contributed by atoms with Crippen LogP contribution in [0.5, 0.6) is 0 Å². The Kier molecular flexibility index (Phi) is 5.71. The Hall–Kier alpha value is 0. The van der Waals surface area contributed by atoms with Gasteiger partial charge in [0, 0.05) is 0 Å². The molecular formula is C15H30. The van der Waals surface area contributed by atoms with Gasteiger partial charge in [0.25, 0.3) is 0 Å². The molecule has 0 N–H and O–H groups in total. The van der Waals surface area contributed by atoms with Gasteiger partial charge in [-0.05, 0) is 36.5 Å². The van der Waals surface area contributed by atoms with Crippen LogP contribution < -0.4 is 0 Å². The van der Waals surface area contributed by atoms with Crippen molar-refractivity contribution in [3.8, 4) is 0 Å². The van der Waals surface area contributed by atoms with Crippen molar-refractivity contribution >= 4 is 0 Å². The third-order valence-corrected chi connectivity index (χ3v) is 4.58. The molecule has 1 rings (SSSR count). The van der Waals surface area contributed by atoms with Crippen LogP contribution in [0.4, 0.5) is 0 Å². The van der Waals surface area contributed by atoms with Crippen molar-refractivity contribution in [1.82, 2.24) is 0 Å². The van der Waals surface area contributed by atoms with Crippen LogP contribution in [0, 0.1) is 23.7 Å². The molecule has 0 amide bonds. The molecule has 0 nitrogen and oxygen atoms in total. The number of hydrogen-bond donors (Lipinski definition) is 0. The summed E-state index contributed by atoms with van der Waals surface area (Å²) in [5.74, 6) is 4.13. The van der Waals surface area contributed by atoms with Crippen molar-refractivity contribution in [1.29, 1.82) is 0 Å². The Morgan fingerprint density at radius 2 is 1.93 bits per heavy atom. The molecule has 0 spiro atoms. The highest BCUT2D eigenvalue weighted by molar-refractivity contribution is 4.85. The maximum atomic E-state index is 2.45. The first-order valence-corrected chi connectivity index (χ1v) is 7.19. The lowest BCUT2D eigenvalue weighted by molar-refractivity contribution is 0.0677. The molecule has 0 aromatic heterocycles. The van der Waals surface area contributed by atoms with E-state index in [2.05, 4.69) is 27.7 Å². The highest BCUT2D eigenvalue weighted by Crippen LogP contribution is 2.45. The van der Waals surface area contributed by atoms with Crippen LogP contribution in [0.25, 0.3) is 0 Å². The fourth-order valence-corrected chi connectivity index (χ4v) is 3.26. The second-order valence-corrected chi connectivity index (χ2v) is 5.87. The first-order chi connectivity index (χ1) is 7.19. The van der Waals surface area contributed by atoms with E-state index in [1.165, 1.54) is 44.9 Å². The minimum Gasteiger partial charge on any atom is -0.0654 e. The van der Waals surface area contributed by atoms with Crippen LogP contribution >= 0.6 is 0 Å². The van der Waals surface area contributed by atoms with E-state index in [0.29, 0.717) is 0 Å². The standard InChI is InChI=1S/C15H30/c1-5-7-8-12(3)9-10-15-13(4)11-14(15)6-2/h12-15H,5-11H2,1-4H3. The average molecular weight is 210 g/mol. The van der Waals surface area contributed by atoms with Crippen molar-refractivity contribution in [3.05, 3.63) is 0 Å². The predicted molar refractivity (Wildman–Crippen MR) is 69.0 cm³/mol. The predicted octanol–water partition coefficient (Wildman–Crippen LogP) is 5.28. The maximum absolute atomic E-state index is 2.45. The SMILES string of the molecule is CCCCC(C)CCC1C(C)CC1CC. The lowest BCUT2D eigenvalue weighted by Crippen LogP contribution is -2.34. The average Bonchev–Trinajstić information content (AvgIpc) is 2.22. The molecule has 4 atom stereocenters. The molecular weight excluding hydrogens is 180 g/mol. The van der Waals surface area contributed by atoms with E-state index in [0.717, 1.165) is 23.7 Å². The van der Waals surface area contributed by atoms with E-state index in [-0.39, 0.29) is 0 Å². The van der Waals surface area contributed by atoms with Crippen molar-refractivity contribution < 1.29 is 0 Å². The summed E-state index contributed by atoms with van der Waals surface area (Å²) in [5.41, 5.74) is 0. The van der Waals surface area contributed by atoms with Crippen LogP contribution in [0.1, 0.15) is 72.6 Å². The molecule has 0 heterocycles. The molecule has 0 aromatic rings. The van der Waals surface area contributed by atoms with Gasteiger partial charge >= 0.3 is 0 Å². The van der Waals surface area contributed by atoms with E-state index >= 15 is 0 Å². The molecule has 0 aromatic carbocycles. The fraction of sp³-hybridized carbons (Fsp3) is 1.00. The van der Waals surface area contributed by atoms with Gasteiger partial charge < -0.3 is 0 Å². The molecule has 0 aliphatic heterocycles. The second kappa shape index (κ2) is 6.55. The van der Waals surface area contributed by atoms with Crippen molar-refractivity contribution in [2.45, 2.75) is 72.6 Å². The van der Waals surface area contributed by atoms with E-state index in [1.54, 1.807) is 0 Å². The van der Waals surface area contributed by atoms with Gasteiger partial charge in [-0.3, -0.25) is 0 Å². The first-order valence-electron chi connectivity index (χ1n) is 7.19. The van der Waals surface area contributed by atoms with Crippen molar-refractivity contribution in [3.63, 3.8) is 0 Å². The Balaban J connectivity index is 2.12. The monoisotopic (exact) mass is 210 g/mol. The minimum atomic E-state index is 0.968. The van der Waals surface area contributed by atoms with Gasteiger partial charge in [-0.1, -0.05) is 59.8 Å². The summed E-state index contributed by atoms with van der Waals surface area (Å²) in [6.07, 6.45) is 10.1. The first kappa shape index (κ1) is 13.1. The maximum Gasteiger partial charge on any atom is -0.0360 e. The van der Waals surface area contributed by atoms with Gasteiger partial charge in [-0.15, -0.1) is 0 Å². The summed E-state index contributed by atoms with van der Waals surface area (Å²) in [5, 5.41) is 0. The molecule has 1 aliphatic rings. The molecule has 0 heteroatoms. The highest BCUT2D eigenvalue weighted by Gasteiger charge is 2.35. The molecule has 4 unspecified atom stereocenters. The van der Waals surface area contributed by atoms with Crippen LogP contribution in [0.3, 0.4) is 0 Å². The normalized spacial score (nSPS) is 32.4. The summed E-state index contributed by atoms with van der Waals surface area (Å²) < 4.78 is 0. The van der Waals surface area contributed by atoms with Crippen molar-refractivity contribution in [2.75, 3.05) is 0 Å². The summed E-state index contributed by atoms with van der Waals surface area (Å²) in [7, 11) is 0. The summed E-state index contributed by atoms with van der Waals surface area (Å²) >= 11 is 0. The van der Waals surface area contributed by atoms with E-state index < -0.39 is 0 Å². The quantitative estimate of drug-likeness (QED) is 0.536. The summed E-state index contributed by atoms with van der Waals surface area (Å²) in [6.45, 7) is 9.56. The molecule has 0 radical (unpaired) electrons. The molecule has 1 fully saturated rings. The lowest BCUT2D eigenvalue weighted by atomic mass is 9.62. The van der Waals surface area contributed by atoms with Crippen LogP contribution in [0.2, 0.25) is 0 Å². The largest absolute Gasteiger partial charge is 0.0654 e. The molecule has 90 valence electrons. The van der Waals surface area contributed by atoms with E-state index in [1.807, 2.05) is 0 Å². The van der Waals surface area contributed by atoms with E-state index in [9.17, 15) is 0 Å². The molecule has 0 saturated heterocycles. The number of unbranched alkanes of at least 4 members (excludes halogenated alkanes) is 1. The van der Waals surface area contributed by atoms with Gasteiger partial charge in [-0.2, -0.15) is 0 Å². The second-order valence-electron chi connectivity index (χ2n) is 5.87. The summed E-state index contributed by atoms with van der Waals surface area (Å²) in [6, 6.07) is 0. The number of hydrogen-bond acceptors (Lipinski definition) is 0. The topological polar surface area (TPSA) is 0 Å². The lowest BCUT2D eigenvalue weighted by Gasteiger charge is -2.43. The van der Waals surface area contributed by atoms with Gasteiger partial charge in [0.05, 0.1) is 0 Å². The molecule has 1 saturated carbocycles. The molecule has 1 aliphatic carbocycles. The Bertz CT molecular complexity index is 161. The van der Waals surface area contributed by atoms with E-state index in [4.69, 9.17) is 0 Å². The van der Waals surface area contributed by atoms with Crippen molar-refractivity contribution in [2.24, 2.45) is 23.7 Å². The fourth-order valence-electron chi connectivity index (χ4n) is 3.26. The third-order valence-electron chi connectivity index (χ3n) is 4.58. The zero-order valence-corrected chi connectivity index (χ0v) is 11.3. The van der Waals surface area contributed by atoms with Gasteiger partial charge in [0.1, 0.15) is 0 Å². The smallest absolute Gasteiger partial charge is 0.0360 e.